The molecule has 4 amide bonds. The number of carbonyl (C=O) groups is 7. The van der Waals surface area contributed by atoms with Crippen molar-refractivity contribution in [3.8, 4) is 0 Å². The zero-order chi connectivity index (χ0) is 32.0. The Morgan fingerprint density at radius 3 is 2.10 bits per heavy atom. The van der Waals surface area contributed by atoms with E-state index < -0.39 is 45.9 Å². The fraction of sp³-hybridized carbons (Fsp3) is 0.690. The molecule has 0 spiro atoms. The van der Waals surface area contributed by atoms with Crippen molar-refractivity contribution in [1.82, 2.24) is 15.5 Å². The maximum Gasteiger partial charge on any atom is 0.328 e. The predicted molar refractivity (Wildman–Crippen MR) is 160 cm³/mol. The Morgan fingerprint density at radius 1 is 0.929 bits per heavy atom. The van der Waals surface area contributed by atoms with E-state index in [0.29, 0.717) is 25.0 Å². The van der Waals surface area contributed by atoms with Gasteiger partial charge >= 0.3 is 11.9 Å². The zero-order valence-corrected chi connectivity index (χ0v) is 26.4. The van der Waals surface area contributed by atoms with Gasteiger partial charge in [-0.05, 0) is 43.9 Å². The molecule has 0 bridgehead atoms. The summed E-state index contributed by atoms with van der Waals surface area (Å²) in [5, 5.41) is 14.3. The van der Waals surface area contributed by atoms with Gasteiger partial charge in [-0.15, -0.1) is 0 Å². The lowest BCUT2D eigenvalue weighted by Gasteiger charge is -2.26. The molecule has 0 unspecified atom stereocenters. The minimum absolute atomic E-state index is 0.144. The minimum Gasteiger partial charge on any atom is -0.481 e. The molecule has 0 radical (unpaired) electrons. The molecular formula is C29H47N3O9S. The third-order valence-corrected chi connectivity index (χ3v) is 8.05. The number of amides is 4. The van der Waals surface area contributed by atoms with Crippen LogP contribution in [0.1, 0.15) is 65.7 Å². The first kappa shape index (κ1) is 36.8. The first-order chi connectivity index (χ1) is 19.5. The van der Waals surface area contributed by atoms with E-state index in [1.165, 1.54) is 19.1 Å². The zero-order valence-electron chi connectivity index (χ0n) is 25.6. The molecule has 1 aliphatic rings. The van der Waals surface area contributed by atoms with Crippen molar-refractivity contribution >= 4 is 51.4 Å². The van der Waals surface area contributed by atoms with Crippen molar-refractivity contribution in [2.75, 3.05) is 37.7 Å². The highest BCUT2D eigenvalue weighted by atomic mass is 32.3. The van der Waals surface area contributed by atoms with Crippen molar-refractivity contribution in [3.63, 3.8) is 0 Å². The molecule has 0 aromatic carbocycles. The van der Waals surface area contributed by atoms with Crippen LogP contribution < -0.4 is 10.6 Å². The number of nitrogens with zero attached hydrogens (tertiary/aromatic N) is 1. The monoisotopic (exact) mass is 613 g/mol. The van der Waals surface area contributed by atoms with Crippen LogP contribution in [0.4, 0.5) is 0 Å². The smallest absolute Gasteiger partial charge is 0.328 e. The van der Waals surface area contributed by atoms with Crippen LogP contribution in [-0.2, 0) is 38.3 Å². The Labute approximate surface area is 249 Å². The van der Waals surface area contributed by atoms with Crippen molar-refractivity contribution in [3.05, 3.63) is 12.2 Å². The van der Waals surface area contributed by atoms with Crippen LogP contribution >= 0.6 is 10.0 Å². The number of carboxylic acid groups (broad SMARTS) is 1. The van der Waals surface area contributed by atoms with Gasteiger partial charge < -0.3 is 20.5 Å². The van der Waals surface area contributed by atoms with Gasteiger partial charge in [0.05, 0.1) is 12.6 Å². The molecule has 0 aromatic rings. The summed E-state index contributed by atoms with van der Waals surface area (Å²) >= 11 is 0. The van der Waals surface area contributed by atoms with Gasteiger partial charge in [-0.25, -0.2) is 14.8 Å². The first-order valence-corrected chi connectivity index (χ1v) is 17.2. The van der Waals surface area contributed by atoms with E-state index >= 15 is 0 Å². The molecule has 0 saturated carbocycles. The second-order valence-corrected chi connectivity index (χ2v) is 16.4. The summed E-state index contributed by atoms with van der Waals surface area (Å²) in [6.07, 6.45) is 9.84. The average Bonchev–Trinajstić information content (AvgIpc) is 3.20. The van der Waals surface area contributed by atoms with E-state index in [1.807, 2.05) is 0 Å². The number of nitrogens with one attached hydrogen (secondary N) is 2. The fourth-order valence-corrected chi connectivity index (χ4v) is 4.68. The van der Waals surface area contributed by atoms with Crippen molar-refractivity contribution in [1.29, 1.82) is 0 Å². The van der Waals surface area contributed by atoms with E-state index in [-0.39, 0.29) is 68.3 Å². The predicted octanol–water partition coefficient (Wildman–Crippen LogP) is 1.79. The highest BCUT2D eigenvalue weighted by Crippen LogP contribution is 2.33. The number of ether oxygens (including phenoxy) is 1. The fourth-order valence-electron chi connectivity index (χ4n) is 4.09. The van der Waals surface area contributed by atoms with Gasteiger partial charge in [-0.3, -0.25) is 33.7 Å². The van der Waals surface area contributed by atoms with Crippen LogP contribution in [-0.4, -0.2) is 101 Å². The number of aliphatic carboxylic acids is 1. The molecule has 13 heteroatoms. The largest absolute Gasteiger partial charge is 0.481 e. The maximum atomic E-state index is 13.1. The second-order valence-electron chi connectivity index (χ2n) is 11.8. The lowest BCUT2D eigenvalue weighted by atomic mass is 9.92. The SMILES string of the molecule is CC(C)[C@H](NC(=O)CCCCCN1C(=O)C=CC1=O)C(=O)C[C@@H](C)C(=O)N[C@@H](CCC(=O)O)C(=O)OCCS(C)(C)C. The Hall–Kier alpha value is -3.22. The summed E-state index contributed by atoms with van der Waals surface area (Å²) in [7, 11) is -0.913. The lowest BCUT2D eigenvalue weighted by molar-refractivity contribution is -0.148. The maximum absolute atomic E-state index is 13.1. The highest BCUT2D eigenvalue weighted by molar-refractivity contribution is 8.32. The molecule has 1 rings (SSSR count). The topological polar surface area (TPSA) is 176 Å². The normalized spacial score (nSPS) is 15.7. The van der Waals surface area contributed by atoms with Gasteiger partial charge in [0.2, 0.25) is 11.8 Å². The molecule has 0 fully saturated rings. The number of rotatable bonds is 20. The molecule has 1 aliphatic heterocycles. The summed E-state index contributed by atoms with van der Waals surface area (Å²) in [6.45, 7) is 5.54. The number of esters is 1. The van der Waals surface area contributed by atoms with Gasteiger partial charge in [0.1, 0.15) is 6.04 Å². The van der Waals surface area contributed by atoms with Crippen molar-refractivity contribution in [2.45, 2.75) is 77.8 Å². The molecule has 238 valence electrons. The standard InChI is InChI=1S/C29H47N3O9S/c1-19(2)27(31-23(34)10-8-7-9-15-32-24(35)12-13-25(32)36)22(33)18-20(3)28(39)30-21(11-14-26(37)38)29(40)41-16-17-42(4,5)6/h12-13,19-21,27H,7-11,14-18H2,1-6H3,(H,30,39)(H,31,34)(H,37,38)/t20-,21+,27+/m1/s1. The van der Waals surface area contributed by atoms with Crippen molar-refractivity contribution < 1.29 is 43.4 Å². The molecule has 1 heterocycles. The van der Waals surface area contributed by atoms with Gasteiger partial charge in [0, 0.05) is 49.6 Å². The molecule has 0 aromatic heterocycles. The van der Waals surface area contributed by atoms with E-state index in [9.17, 15) is 33.6 Å². The lowest BCUT2D eigenvalue weighted by Crippen LogP contribution is -2.47. The summed E-state index contributed by atoms with van der Waals surface area (Å²) in [5.41, 5.74) is 0. The Bertz CT molecular complexity index is 1020. The summed E-state index contributed by atoms with van der Waals surface area (Å²) in [6, 6.07) is -1.97. The van der Waals surface area contributed by atoms with E-state index in [2.05, 4.69) is 29.4 Å². The number of ketones is 1. The third kappa shape index (κ3) is 14.1. The van der Waals surface area contributed by atoms with Crippen LogP contribution in [0.15, 0.2) is 12.2 Å². The van der Waals surface area contributed by atoms with Crippen LogP contribution in [0.5, 0.6) is 0 Å². The molecule has 3 atom stereocenters. The highest BCUT2D eigenvalue weighted by Gasteiger charge is 2.30. The van der Waals surface area contributed by atoms with E-state index in [1.54, 1.807) is 13.8 Å². The number of hydrogen-bond donors (Lipinski definition) is 3. The van der Waals surface area contributed by atoms with Gasteiger partial charge in [-0.1, -0.05) is 27.2 Å². The van der Waals surface area contributed by atoms with Crippen molar-refractivity contribution in [2.24, 2.45) is 11.8 Å². The van der Waals surface area contributed by atoms with E-state index in [4.69, 9.17) is 9.84 Å². The number of hydrogen-bond acceptors (Lipinski definition) is 8. The Balaban J connectivity index is 2.60. The number of Topliss-reactive ketones (excluding diaryl/α,β-unsaturated/α-hetero) is 1. The summed E-state index contributed by atoms with van der Waals surface area (Å²) in [4.78, 5) is 86.4. The van der Waals surface area contributed by atoms with Gasteiger partial charge in [-0.2, -0.15) is 0 Å². The summed E-state index contributed by atoms with van der Waals surface area (Å²) < 4.78 is 5.30. The van der Waals surface area contributed by atoms with E-state index in [0.717, 1.165) is 4.90 Å². The molecular weight excluding hydrogens is 566 g/mol. The third-order valence-electron chi connectivity index (χ3n) is 6.66. The molecule has 12 nitrogen and oxygen atoms in total. The Kier molecular flexibility index (Phi) is 15.5. The van der Waals surface area contributed by atoms with Crippen LogP contribution in [0.2, 0.25) is 0 Å². The number of carboxylic acids is 1. The Morgan fingerprint density at radius 2 is 1.55 bits per heavy atom. The van der Waals surface area contributed by atoms with Crippen LogP contribution in [0, 0.1) is 11.8 Å². The van der Waals surface area contributed by atoms with Gasteiger partial charge in [0.15, 0.2) is 5.78 Å². The molecule has 0 saturated heterocycles. The van der Waals surface area contributed by atoms with Crippen LogP contribution in [0.3, 0.4) is 0 Å². The first-order valence-electron chi connectivity index (χ1n) is 14.2. The average molecular weight is 614 g/mol. The number of carbonyl (C=O) groups excluding carboxylic acids is 6. The van der Waals surface area contributed by atoms with Gasteiger partial charge in [0.25, 0.3) is 11.8 Å². The molecule has 3 N–H and O–H groups in total. The molecule has 42 heavy (non-hydrogen) atoms. The number of imide groups is 1. The number of unbranched alkanes of at least 4 members (excludes halogenated alkanes) is 2. The minimum atomic E-state index is -1.15. The second kappa shape index (κ2) is 17.7. The summed E-state index contributed by atoms with van der Waals surface area (Å²) in [5.74, 6) is -4.15. The quantitative estimate of drug-likeness (QED) is 0.105. The molecule has 0 aliphatic carbocycles. The van der Waals surface area contributed by atoms with Crippen LogP contribution in [0.25, 0.3) is 0 Å².